The third kappa shape index (κ3) is 6.44. The minimum absolute atomic E-state index is 0.178. The maximum atomic E-state index is 11.9. The molecule has 0 spiro atoms. The smallest absolute Gasteiger partial charge is 0.422 e. The Morgan fingerprint density at radius 3 is 2.08 bits per heavy atom. The predicted molar refractivity (Wildman–Crippen MR) is 153 cm³/mol. The first-order valence-corrected chi connectivity index (χ1v) is 12.8. The number of amides is 2. The third-order valence-electron chi connectivity index (χ3n) is 6.11. The number of hydrogen-bond acceptors (Lipinski definition) is 7. The van der Waals surface area contributed by atoms with Crippen LogP contribution >= 0.6 is 0 Å². The Bertz CT molecular complexity index is 1440. The van der Waals surface area contributed by atoms with Crippen LogP contribution in [0.5, 0.6) is 23.0 Å². The van der Waals surface area contributed by atoms with E-state index in [2.05, 4.69) is 16.5 Å². The van der Waals surface area contributed by atoms with Crippen molar-refractivity contribution < 1.29 is 34.0 Å². The molecular formula is C30H37N3O7. The van der Waals surface area contributed by atoms with Crippen LogP contribution < -0.4 is 19.1 Å². The highest BCUT2D eigenvalue weighted by Gasteiger charge is 2.37. The standard InChI is InChI=1S/C30H37N3O7/c1-17(2)11-13-39-22-15-19-18(14-21(22)38-9)20(10-12-31-19)40-23-16-32-26(33(27(34)35)28(36)37)25(30(6,7)8)24(23)29(3,4)5/h10,12,14-16H,1,11,13H2,2-9H3,(H,34,35)(H,36,37). The highest BCUT2D eigenvalue weighted by molar-refractivity contribution is 6.07. The van der Waals surface area contributed by atoms with Crippen LogP contribution in [0, 0.1) is 0 Å². The topological polar surface area (TPSA) is 131 Å². The van der Waals surface area contributed by atoms with Gasteiger partial charge in [0, 0.05) is 35.2 Å². The van der Waals surface area contributed by atoms with E-state index in [0.29, 0.717) is 58.1 Å². The summed E-state index contributed by atoms with van der Waals surface area (Å²) < 4.78 is 18.0. The van der Waals surface area contributed by atoms with E-state index in [1.807, 2.05) is 48.5 Å². The van der Waals surface area contributed by atoms with E-state index >= 15 is 0 Å². The summed E-state index contributed by atoms with van der Waals surface area (Å²) in [5.41, 5.74) is 1.44. The number of anilines is 1. The van der Waals surface area contributed by atoms with E-state index in [1.54, 1.807) is 31.5 Å². The lowest BCUT2D eigenvalue weighted by molar-refractivity contribution is 0.184. The lowest BCUT2D eigenvalue weighted by Gasteiger charge is -2.34. The Morgan fingerprint density at radius 1 is 0.925 bits per heavy atom. The quantitative estimate of drug-likeness (QED) is 0.273. The predicted octanol–water partition coefficient (Wildman–Crippen LogP) is 7.53. The van der Waals surface area contributed by atoms with Crippen LogP contribution in [0.1, 0.15) is 66.0 Å². The summed E-state index contributed by atoms with van der Waals surface area (Å²) in [6.07, 6.45) is 0.387. The normalized spacial score (nSPS) is 11.7. The summed E-state index contributed by atoms with van der Waals surface area (Å²) in [6, 6.07) is 5.28. The molecule has 0 unspecified atom stereocenters. The van der Waals surface area contributed by atoms with Gasteiger partial charge in [0.25, 0.3) is 0 Å². The lowest BCUT2D eigenvalue weighted by Crippen LogP contribution is -2.38. The van der Waals surface area contributed by atoms with Crippen LogP contribution in [0.15, 0.2) is 42.7 Å². The summed E-state index contributed by atoms with van der Waals surface area (Å²) in [7, 11) is 1.55. The van der Waals surface area contributed by atoms with Gasteiger partial charge in [-0.3, -0.25) is 4.98 Å². The van der Waals surface area contributed by atoms with Gasteiger partial charge < -0.3 is 24.4 Å². The monoisotopic (exact) mass is 551 g/mol. The van der Waals surface area contributed by atoms with Crippen LogP contribution in [0.3, 0.4) is 0 Å². The Kier molecular flexibility index (Phi) is 8.62. The molecule has 0 fully saturated rings. The number of aromatic nitrogens is 2. The number of imide groups is 1. The fourth-order valence-electron chi connectivity index (χ4n) is 4.39. The van der Waals surface area contributed by atoms with Crippen molar-refractivity contribution >= 4 is 28.9 Å². The number of carbonyl (C=O) groups is 2. The number of pyridine rings is 2. The van der Waals surface area contributed by atoms with E-state index in [1.165, 1.54) is 6.20 Å². The average molecular weight is 552 g/mol. The molecule has 3 aromatic rings. The van der Waals surface area contributed by atoms with Crippen LogP contribution in [0.4, 0.5) is 15.4 Å². The molecule has 0 saturated carbocycles. The number of rotatable bonds is 8. The Morgan fingerprint density at radius 2 is 1.55 bits per heavy atom. The molecule has 0 aliphatic heterocycles. The van der Waals surface area contributed by atoms with Crippen molar-refractivity contribution in [2.75, 3.05) is 18.6 Å². The maximum absolute atomic E-state index is 11.9. The van der Waals surface area contributed by atoms with Gasteiger partial charge in [0.1, 0.15) is 11.5 Å². The molecule has 0 aliphatic rings. The number of benzene rings is 1. The third-order valence-corrected chi connectivity index (χ3v) is 6.11. The largest absolute Gasteiger partial charge is 0.493 e. The number of hydrogen-bond donors (Lipinski definition) is 2. The number of fused-ring (bicyclic) bond motifs is 1. The molecule has 0 radical (unpaired) electrons. The second-order valence-electron chi connectivity index (χ2n) is 11.6. The zero-order valence-corrected chi connectivity index (χ0v) is 24.3. The van der Waals surface area contributed by atoms with E-state index in [4.69, 9.17) is 14.2 Å². The zero-order valence-electron chi connectivity index (χ0n) is 24.3. The molecule has 1 aromatic carbocycles. The number of methoxy groups -OCH3 is 1. The number of carboxylic acid groups (broad SMARTS) is 2. The SMILES string of the molecule is C=C(C)CCOc1cc2nccc(Oc3cnc(N(C(=O)O)C(=O)O)c(C(C)(C)C)c3C(C)(C)C)c2cc1OC. The molecule has 0 aliphatic carbocycles. The van der Waals surface area contributed by atoms with E-state index in [-0.39, 0.29) is 10.7 Å². The van der Waals surface area contributed by atoms with Gasteiger partial charge in [-0.15, -0.1) is 6.58 Å². The van der Waals surface area contributed by atoms with Crippen molar-refractivity contribution in [2.24, 2.45) is 0 Å². The van der Waals surface area contributed by atoms with Crippen molar-refractivity contribution in [3.05, 3.63) is 53.9 Å². The van der Waals surface area contributed by atoms with Gasteiger partial charge >= 0.3 is 12.2 Å². The summed E-state index contributed by atoms with van der Waals surface area (Å²) in [5.74, 6) is 1.70. The van der Waals surface area contributed by atoms with Crippen molar-refractivity contribution in [1.29, 1.82) is 0 Å². The van der Waals surface area contributed by atoms with E-state index in [0.717, 1.165) is 5.57 Å². The Balaban J connectivity index is 2.23. The molecule has 2 aromatic heterocycles. The fourth-order valence-corrected chi connectivity index (χ4v) is 4.39. The van der Waals surface area contributed by atoms with Crippen molar-refractivity contribution in [1.82, 2.24) is 9.97 Å². The van der Waals surface area contributed by atoms with Crippen LogP contribution in [0.25, 0.3) is 10.9 Å². The van der Waals surface area contributed by atoms with Crippen LogP contribution in [-0.4, -0.2) is 46.1 Å². The molecule has 0 saturated heterocycles. The molecule has 10 nitrogen and oxygen atoms in total. The summed E-state index contributed by atoms with van der Waals surface area (Å²) >= 11 is 0. The average Bonchev–Trinajstić information content (AvgIpc) is 2.82. The summed E-state index contributed by atoms with van der Waals surface area (Å²) in [4.78, 5) is 32.9. The Labute approximate surface area is 234 Å². The van der Waals surface area contributed by atoms with Gasteiger partial charge in [0.2, 0.25) is 0 Å². The first-order chi connectivity index (χ1) is 18.6. The summed E-state index contributed by atoms with van der Waals surface area (Å²) in [6.45, 7) is 17.7. The first-order valence-electron chi connectivity index (χ1n) is 12.8. The lowest BCUT2D eigenvalue weighted by atomic mass is 9.75. The van der Waals surface area contributed by atoms with Crippen LogP contribution in [0.2, 0.25) is 0 Å². The van der Waals surface area contributed by atoms with Gasteiger partial charge in [-0.25, -0.2) is 14.6 Å². The molecule has 0 bridgehead atoms. The van der Waals surface area contributed by atoms with Crippen molar-refractivity contribution in [2.45, 2.75) is 65.7 Å². The maximum Gasteiger partial charge on any atom is 0.422 e. The molecule has 0 atom stereocenters. The minimum atomic E-state index is -1.65. The molecule has 2 N–H and O–H groups in total. The molecule has 3 rings (SSSR count). The minimum Gasteiger partial charge on any atom is -0.493 e. The van der Waals surface area contributed by atoms with Gasteiger partial charge in [-0.1, -0.05) is 47.1 Å². The van der Waals surface area contributed by atoms with E-state index < -0.39 is 23.0 Å². The van der Waals surface area contributed by atoms with Gasteiger partial charge in [0.15, 0.2) is 17.3 Å². The second kappa shape index (κ2) is 11.4. The van der Waals surface area contributed by atoms with Crippen molar-refractivity contribution in [3.63, 3.8) is 0 Å². The molecule has 2 amide bonds. The zero-order chi connectivity index (χ0) is 30.0. The number of ether oxygens (including phenoxy) is 3. The molecule has 10 heteroatoms. The molecular weight excluding hydrogens is 514 g/mol. The molecule has 2 heterocycles. The van der Waals surface area contributed by atoms with Crippen LogP contribution in [-0.2, 0) is 10.8 Å². The first kappa shape index (κ1) is 30.2. The molecule has 40 heavy (non-hydrogen) atoms. The van der Waals surface area contributed by atoms with Gasteiger partial charge in [-0.2, -0.15) is 4.90 Å². The van der Waals surface area contributed by atoms with E-state index in [9.17, 15) is 19.8 Å². The fraction of sp³-hybridized carbons (Fsp3) is 0.400. The summed E-state index contributed by atoms with van der Waals surface area (Å²) in [5, 5.41) is 20.1. The highest BCUT2D eigenvalue weighted by Crippen LogP contribution is 2.46. The highest BCUT2D eigenvalue weighted by atomic mass is 16.5. The van der Waals surface area contributed by atoms with Crippen molar-refractivity contribution in [3.8, 4) is 23.0 Å². The second-order valence-corrected chi connectivity index (χ2v) is 11.6. The van der Waals surface area contributed by atoms with Gasteiger partial charge in [-0.05, 0) is 29.9 Å². The Hall–Kier alpha value is -4.34. The number of nitrogens with zero attached hydrogens (tertiary/aromatic N) is 3. The molecule has 214 valence electrons. The van der Waals surface area contributed by atoms with Gasteiger partial charge in [0.05, 0.1) is 25.4 Å².